The Hall–Kier alpha value is -1.14. The number of amides is 2. The van der Waals surface area contributed by atoms with Gasteiger partial charge in [0.2, 0.25) is 11.8 Å². The fourth-order valence-electron chi connectivity index (χ4n) is 3.62. The number of carbonyl (C=O) groups is 2. The zero-order valence-electron chi connectivity index (χ0n) is 12.8. The molecular weight excluding hydrogens is 270 g/mol. The highest BCUT2D eigenvalue weighted by Gasteiger charge is 2.40. The van der Waals surface area contributed by atoms with Crippen LogP contribution in [0.2, 0.25) is 0 Å². The Bertz CT molecular complexity index is 415. The van der Waals surface area contributed by atoms with E-state index in [4.69, 9.17) is 4.74 Å². The van der Waals surface area contributed by atoms with Gasteiger partial charge in [-0.2, -0.15) is 0 Å². The van der Waals surface area contributed by atoms with Crippen LogP contribution in [0, 0.1) is 0 Å². The van der Waals surface area contributed by atoms with Gasteiger partial charge >= 0.3 is 0 Å². The summed E-state index contributed by atoms with van der Waals surface area (Å²) in [6.07, 6.45) is 2.28. The average molecular weight is 295 g/mol. The van der Waals surface area contributed by atoms with Gasteiger partial charge in [0, 0.05) is 39.1 Å². The van der Waals surface area contributed by atoms with E-state index in [9.17, 15) is 9.59 Å². The van der Waals surface area contributed by atoms with Crippen LogP contribution in [0.5, 0.6) is 0 Å². The molecule has 21 heavy (non-hydrogen) atoms. The Morgan fingerprint density at radius 3 is 2.90 bits per heavy atom. The van der Waals surface area contributed by atoms with Crippen LogP contribution < -0.4 is 0 Å². The normalized spacial score (nSPS) is 31.5. The van der Waals surface area contributed by atoms with Gasteiger partial charge in [0.05, 0.1) is 12.7 Å². The van der Waals surface area contributed by atoms with E-state index in [2.05, 4.69) is 11.8 Å². The highest BCUT2D eigenvalue weighted by atomic mass is 16.5. The first-order chi connectivity index (χ1) is 10.2. The molecule has 0 aromatic carbocycles. The van der Waals surface area contributed by atoms with Gasteiger partial charge in [-0.1, -0.05) is 6.92 Å². The third-order valence-corrected chi connectivity index (χ3v) is 4.86. The Kier molecular flexibility index (Phi) is 4.45. The van der Waals surface area contributed by atoms with E-state index in [1.54, 1.807) is 4.90 Å². The molecule has 3 saturated heterocycles. The SMILES string of the molecule is CCN1CCOC(CN2CCC(=O)N3CCCC3C2=O)C1. The Balaban J connectivity index is 1.64. The van der Waals surface area contributed by atoms with Crippen molar-refractivity contribution in [1.29, 1.82) is 0 Å². The van der Waals surface area contributed by atoms with Crippen molar-refractivity contribution in [3.05, 3.63) is 0 Å². The molecule has 3 aliphatic rings. The second-order valence-corrected chi connectivity index (χ2v) is 6.17. The molecule has 3 fully saturated rings. The molecule has 0 spiro atoms. The van der Waals surface area contributed by atoms with E-state index in [0.717, 1.165) is 45.6 Å². The third kappa shape index (κ3) is 3.06. The molecule has 6 heteroatoms. The lowest BCUT2D eigenvalue weighted by Crippen LogP contribution is -2.51. The maximum absolute atomic E-state index is 12.7. The Morgan fingerprint density at radius 2 is 2.10 bits per heavy atom. The molecule has 2 unspecified atom stereocenters. The number of fused-ring (bicyclic) bond motifs is 1. The molecule has 0 aromatic heterocycles. The standard InChI is InChI=1S/C15H25N3O3/c1-2-16-8-9-21-12(10-16)11-17-7-5-14(19)18-6-3-4-13(18)15(17)20/h12-13H,2-11H2,1H3. The molecule has 0 saturated carbocycles. The smallest absolute Gasteiger partial charge is 0.245 e. The van der Waals surface area contributed by atoms with Crippen molar-refractivity contribution in [2.45, 2.75) is 38.3 Å². The van der Waals surface area contributed by atoms with Gasteiger partial charge in [-0.15, -0.1) is 0 Å². The van der Waals surface area contributed by atoms with Crippen LogP contribution in [-0.4, -0.2) is 84.5 Å². The van der Waals surface area contributed by atoms with Gasteiger partial charge in [-0.25, -0.2) is 0 Å². The zero-order valence-corrected chi connectivity index (χ0v) is 12.8. The number of rotatable bonds is 3. The average Bonchev–Trinajstić information content (AvgIpc) is 2.96. The van der Waals surface area contributed by atoms with Gasteiger partial charge in [0.25, 0.3) is 0 Å². The number of nitrogens with zero attached hydrogens (tertiary/aromatic N) is 3. The van der Waals surface area contributed by atoms with Crippen LogP contribution in [0.3, 0.4) is 0 Å². The number of hydrogen-bond acceptors (Lipinski definition) is 4. The van der Waals surface area contributed by atoms with Crippen LogP contribution in [0.15, 0.2) is 0 Å². The minimum absolute atomic E-state index is 0.0747. The first-order valence-corrected chi connectivity index (χ1v) is 8.11. The van der Waals surface area contributed by atoms with Crippen molar-refractivity contribution < 1.29 is 14.3 Å². The van der Waals surface area contributed by atoms with E-state index in [0.29, 0.717) is 19.5 Å². The van der Waals surface area contributed by atoms with Crippen molar-refractivity contribution in [2.75, 3.05) is 45.9 Å². The molecule has 6 nitrogen and oxygen atoms in total. The summed E-state index contributed by atoms with van der Waals surface area (Å²) >= 11 is 0. The monoisotopic (exact) mass is 295 g/mol. The lowest BCUT2D eigenvalue weighted by Gasteiger charge is -2.35. The summed E-state index contributed by atoms with van der Waals surface area (Å²) in [5, 5.41) is 0. The highest BCUT2D eigenvalue weighted by Crippen LogP contribution is 2.23. The molecule has 3 heterocycles. The number of likely N-dealkylation sites (N-methyl/N-ethyl adjacent to an activating group) is 1. The van der Waals surface area contributed by atoms with E-state index >= 15 is 0 Å². The quantitative estimate of drug-likeness (QED) is 0.731. The molecule has 0 aliphatic carbocycles. The van der Waals surface area contributed by atoms with Gasteiger partial charge in [-0.05, 0) is 19.4 Å². The second-order valence-electron chi connectivity index (χ2n) is 6.17. The first-order valence-electron chi connectivity index (χ1n) is 8.11. The van der Waals surface area contributed by atoms with E-state index in [1.165, 1.54) is 0 Å². The molecule has 2 amide bonds. The van der Waals surface area contributed by atoms with Crippen molar-refractivity contribution in [2.24, 2.45) is 0 Å². The third-order valence-electron chi connectivity index (χ3n) is 4.86. The van der Waals surface area contributed by atoms with Gasteiger partial charge in [0.1, 0.15) is 6.04 Å². The lowest BCUT2D eigenvalue weighted by molar-refractivity contribution is -0.141. The zero-order chi connectivity index (χ0) is 14.8. The Labute approximate surface area is 126 Å². The molecule has 3 rings (SSSR count). The maximum Gasteiger partial charge on any atom is 0.245 e. The fourth-order valence-corrected chi connectivity index (χ4v) is 3.62. The van der Waals surface area contributed by atoms with Crippen LogP contribution in [0.1, 0.15) is 26.2 Å². The maximum atomic E-state index is 12.7. The minimum atomic E-state index is -0.217. The summed E-state index contributed by atoms with van der Waals surface area (Å²) in [7, 11) is 0. The van der Waals surface area contributed by atoms with Crippen LogP contribution in [0.4, 0.5) is 0 Å². The molecule has 0 aromatic rings. The van der Waals surface area contributed by atoms with E-state index in [-0.39, 0.29) is 24.0 Å². The summed E-state index contributed by atoms with van der Waals surface area (Å²) in [6, 6.07) is -0.217. The van der Waals surface area contributed by atoms with E-state index < -0.39 is 0 Å². The van der Waals surface area contributed by atoms with Gasteiger partial charge in [-0.3, -0.25) is 14.5 Å². The molecule has 0 bridgehead atoms. The summed E-state index contributed by atoms with van der Waals surface area (Å²) < 4.78 is 5.81. The fraction of sp³-hybridized carbons (Fsp3) is 0.867. The van der Waals surface area contributed by atoms with Gasteiger partial charge in [0.15, 0.2) is 0 Å². The topological polar surface area (TPSA) is 53.1 Å². The van der Waals surface area contributed by atoms with Crippen LogP contribution in [0.25, 0.3) is 0 Å². The number of morpholine rings is 1. The van der Waals surface area contributed by atoms with Crippen LogP contribution >= 0.6 is 0 Å². The second kappa shape index (κ2) is 6.32. The van der Waals surface area contributed by atoms with Gasteiger partial charge < -0.3 is 14.5 Å². The molecule has 118 valence electrons. The molecule has 0 N–H and O–H groups in total. The summed E-state index contributed by atoms with van der Waals surface area (Å²) in [5.41, 5.74) is 0. The van der Waals surface area contributed by atoms with Crippen molar-refractivity contribution in [1.82, 2.24) is 14.7 Å². The summed E-state index contributed by atoms with van der Waals surface area (Å²) in [5.74, 6) is 0.253. The molecular formula is C15H25N3O3. The minimum Gasteiger partial charge on any atom is -0.374 e. The highest BCUT2D eigenvalue weighted by molar-refractivity contribution is 5.90. The predicted octanol–water partition coefficient (Wildman–Crippen LogP) is -0.0696. The number of ether oxygens (including phenoxy) is 1. The summed E-state index contributed by atoms with van der Waals surface area (Å²) in [6.45, 7) is 7.64. The van der Waals surface area contributed by atoms with E-state index in [1.807, 2.05) is 4.90 Å². The van der Waals surface area contributed by atoms with Crippen molar-refractivity contribution in [3.8, 4) is 0 Å². The Morgan fingerprint density at radius 1 is 1.24 bits per heavy atom. The first kappa shape index (κ1) is 14.8. The molecule has 3 aliphatic heterocycles. The number of carbonyl (C=O) groups excluding carboxylic acids is 2. The number of hydrogen-bond donors (Lipinski definition) is 0. The van der Waals surface area contributed by atoms with Crippen LogP contribution in [-0.2, 0) is 14.3 Å². The van der Waals surface area contributed by atoms with Crippen molar-refractivity contribution in [3.63, 3.8) is 0 Å². The predicted molar refractivity (Wildman–Crippen MR) is 77.8 cm³/mol. The lowest BCUT2D eigenvalue weighted by atomic mass is 10.2. The van der Waals surface area contributed by atoms with Crippen molar-refractivity contribution >= 4 is 11.8 Å². The molecule has 2 atom stereocenters. The largest absolute Gasteiger partial charge is 0.374 e. The molecule has 0 radical (unpaired) electrons. The summed E-state index contributed by atoms with van der Waals surface area (Å²) in [4.78, 5) is 30.7.